The summed E-state index contributed by atoms with van der Waals surface area (Å²) >= 11 is 0. The molecule has 0 aromatic heterocycles. The van der Waals surface area contributed by atoms with E-state index >= 15 is 0 Å². The van der Waals surface area contributed by atoms with Crippen molar-refractivity contribution in [1.82, 2.24) is 9.62 Å². The maximum Gasteiger partial charge on any atom is 0.243 e. The van der Waals surface area contributed by atoms with E-state index in [4.69, 9.17) is 9.47 Å². The number of carbonyl (C=O) groups is 1. The van der Waals surface area contributed by atoms with Crippen molar-refractivity contribution in [3.05, 3.63) is 18.2 Å². The summed E-state index contributed by atoms with van der Waals surface area (Å²) in [7, 11) is -3.76. The fourth-order valence-corrected chi connectivity index (χ4v) is 4.93. The average molecular weight is 366 g/mol. The topological polar surface area (TPSA) is 84.9 Å². The number of carbonyl (C=O) groups excluding carboxylic acids is 1. The minimum Gasteiger partial charge on any atom is -0.490 e. The summed E-state index contributed by atoms with van der Waals surface area (Å²) in [5.74, 6) is 0.815. The quantitative estimate of drug-likeness (QED) is 0.868. The molecule has 1 aromatic rings. The van der Waals surface area contributed by atoms with Crippen LogP contribution in [-0.4, -0.2) is 50.5 Å². The molecule has 2 fully saturated rings. The molecule has 2 aliphatic heterocycles. The van der Waals surface area contributed by atoms with Gasteiger partial charge in [-0.15, -0.1) is 0 Å². The number of rotatable bonds is 4. The zero-order chi connectivity index (χ0) is 17.4. The first-order valence-electron chi connectivity index (χ1n) is 8.77. The second-order valence-electron chi connectivity index (χ2n) is 6.72. The van der Waals surface area contributed by atoms with Crippen LogP contribution < -0.4 is 14.8 Å². The first-order chi connectivity index (χ1) is 12.1. The first-order valence-corrected chi connectivity index (χ1v) is 10.2. The highest BCUT2D eigenvalue weighted by molar-refractivity contribution is 7.89. The molecule has 1 aliphatic carbocycles. The molecule has 1 saturated heterocycles. The Labute approximate surface area is 147 Å². The van der Waals surface area contributed by atoms with Gasteiger partial charge < -0.3 is 14.8 Å². The largest absolute Gasteiger partial charge is 0.490 e. The van der Waals surface area contributed by atoms with Gasteiger partial charge in [0.05, 0.1) is 18.1 Å². The van der Waals surface area contributed by atoms with Crippen molar-refractivity contribution in [2.75, 3.05) is 19.8 Å². The number of ether oxygens (including phenoxy) is 2. The standard InChI is InChI=1S/C17H22N2O5S/c20-17(18-12-4-5-12)14-3-1-8-19(14)25(21,22)13-6-7-15-16(11-13)24-10-2-9-23-15/h6-7,11-12,14H,1-5,8-10H2,(H,18,20). The molecular formula is C17H22N2O5S. The molecule has 7 nitrogen and oxygen atoms in total. The number of hydrogen-bond donors (Lipinski definition) is 1. The molecule has 1 atom stereocenters. The second kappa shape index (κ2) is 6.49. The van der Waals surface area contributed by atoms with Crippen molar-refractivity contribution < 1.29 is 22.7 Å². The molecule has 1 saturated carbocycles. The highest BCUT2D eigenvalue weighted by Gasteiger charge is 2.41. The van der Waals surface area contributed by atoms with Gasteiger partial charge in [0, 0.05) is 25.1 Å². The van der Waals surface area contributed by atoms with Crippen molar-refractivity contribution in [3.8, 4) is 11.5 Å². The number of nitrogens with zero attached hydrogens (tertiary/aromatic N) is 1. The lowest BCUT2D eigenvalue weighted by Crippen LogP contribution is -2.46. The molecule has 1 unspecified atom stereocenters. The van der Waals surface area contributed by atoms with Crippen LogP contribution in [0.1, 0.15) is 32.1 Å². The van der Waals surface area contributed by atoms with Crippen LogP contribution in [0.15, 0.2) is 23.1 Å². The monoisotopic (exact) mass is 366 g/mol. The molecule has 25 heavy (non-hydrogen) atoms. The van der Waals surface area contributed by atoms with E-state index in [-0.39, 0.29) is 16.8 Å². The van der Waals surface area contributed by atoms with Gasteiger partial charge in [0.2, 0.25) is 15.9 Å². The van der Waals surface area contributed by atoms with Crippen LogP contribution in [0.25, 0.3) is 0 Å². The van der Waals surface area contributed by atoms with E-state index in [0.717, 1.165) is 19.3 Å². The second-order valence-corrected chi connectivity index (χ2v) is 8.61. The molecule has 1 amide bonds. The summed E-state index contributed by atoms with van der Waals surface area (Å²) in [5.41, 5.74) is 0. The molecule has 2 heterocycles. The minimum atomic E-state index is -3.76. The normalized spacial score (nSPS) is 23.9. The van der Waals surface area contributed by atoms with Gasteiger partial charge in [-0.05, 0) is 37.8 Å². The van der Waals surface area contributed by atoms with E-state index in [0.29, 0.717) is 44.1 Å². The number of sulfonamides is 1. The number of amides is 1. The van der Waals surface area contributed by atoms with Crippen LogP contribution in [-0.2, 0) is 14.8 Å². The van der Waals surface area contributed by atoms with E-state index in [9.17, 15) is 13.2 Å². The first kappa shape index (κ1) is 16.7. The Morgan fingerprint density at radius 1 is 1.08 bits per heavy atom. The Bertz CT molecular complexity index is 775. The van der Waals surface area contributed by atoms with Gasteiger partial charge in [-0.25, -0.2) is 8.42 Å². The van der Waals surface area contributed by atoms with Crippen molar-refractivity contribution in [2.24, 2.45) is 0 Å². The third-order valence-corrected chi connectivity index (χ3v) is 6.66. The summed E-state index contributed by atoms with van der Waals surface area (Å²) in [6.45, 7) is 1.40. The molecular weight excluding hydrogens is 344 g/mol. The fraction of sp³-hybridized carbons (Fsp3) is 0.588. The van der Waals surface area contributed by atoms with Gasteiger partial charge in [0.25, 0.3) is 0 Å². The van der Waals surface area contributed by atoms with E-state index in [1.54, 1.807) is 6.07 Å². The summed E-state index contributed by atoms with van der Waals surface area (Å²) in [6, 6.07) is 4.25. The average Bonchev–Trinajstić information content (AvgIpc) is 3.31. The Hall–Kier alpha value is -1.80. The van der Waals surface area contributed by atoms with E-state index in [2.05, 4.69) is 5.32 Å². The predicted octanol–water partition coefficient (Wildman–Crippen LogP) is 1.28. The maximum atomic E-state index is 13.1. The fourth-order valence-electron chi connectivity index (χ4n) is 3.25. The molecule has 1 aromatic carbocycles. The van der Waals surface area contributed by atoms with Crippen molar-refractivity contribution in [2.45, 2.75) is 49.1 Å². The van der Waals surface area contributed by atoms with Gasteiger partial charge in [0.15, 0.2) is 11.5 Å². The number of nitrogens with one attached hydrogen (secondary N) is 1. The molecule has 4 rings (SSSR count). The lowest BCUT2D eigenvalue weighted by atomic mass is 10.2. The summed E-state index contributed by atoms with van der Waals surface area (Å²) in [4.78, 5) is 12.5. The Morgan fingerprint density at radius 3 is 2.60 bits per heavy atom. The highest BCUT2D eigenvalue weighted by Crippen LogP contribution is 2.34. The van der Waals surface area contributed by atoms with Gasteiger partial charge in [-0.1, -0.05) is 0 Å². The lowest BCUT2D eigenvalue weighted by Gasteiger charge is -2.23. The summed E-state index contributed by atoms with van der Waals surface area (Å²) in [5, 5.41) is 2.92. The van der Waals surface area contributed by atoms with Crippen LogP contribution in [0, 0.1) is 0 Å². The number of benzene rings is 1. The third kappa shape index (κ3) is 3.32. The highest BCUT2D eigenvalue weighted by atomic mass is 32.2. The lowest BCUT2D eigenvalue weighted by molar-refractivity contribution is -0.124. The van der Waals surface area contributed by atoms with Crippen LogP contribution >= 0.6 is 0 Å². The molecule has 136 valence electrons. The van der Waals surface area contributed by atoms with Crippen molar-refractivity contribution in [1.29, 1.82) is 0 Å². The Balaban J connectivity index is 1.59. The van der Waals surface area contributed by atoms with E-state index in [1.807, 2.05) is 0 Å². The van der Waals surface area contributed by atoms with Crippen LogP contribution in [0.2, 0.25) is 0 Å². The third-order valence-electron chi connectivity index (χ3n) is 4.76. The molecule has 3 aliphatic rings. The number of fused-ring (bicyclic) bond motifs is 1. The predicted molar refractivity (Wildman–Crippen MR) is 90.1 cm³/mol. The summed E-state index contributed by atoms with van der Waals surface area (Å²) in [6.07, 6.45) is 3.96. The SMILES string of the molecule is O=C(NC1CC1)C1CCCN1S(=O)(=O)c1ccc2c(c1)OCCCO2. The Morgan fingerprint density at radius 2 is 1.84 bits per heavy atom. The zero-order valence-electron chi connectivity index (χ0n) is 13.9. The zero-order valence-corrected chi connectivity index (χ0v) is 14.8. The molecule has 8 heteroatoms. The van der Waals surface area contributed by atoms with Crippen LogP contribution in [0.3, 0.4) is 0 Å². The van der Waals surface area contributed by atoms with E-state index < -0.39 is 16.1 Å². The van der Waals surface area contributed by atoms with Crippen LogP contribution in [0.4, 0.5) is 0 Å². The molecule has 0 radical (unpaired) electrons. The van der Waals surface area contributed by atoms with Gasteiger partial charge >= 0.3 is 0 Å². The minimum absolute atomic E-state index is 0.142. The molecule has 0 spiro atoms. The van der Waals surface area contributed by atoms with Crippen molar-refractivity contribution >= 4 is 15.9 Å². The summed E-state index contributed by atoms with van der Waals surface area (Å²) < 4.78 is 38.6. The molecule has 1 N–H and O–H groups in total. The number of hydrogen-bond acceptors (Lipinski definition) is 5. The van der Waals surface area contributed by atoms with Gasteiger partial charge in [-0.3, -0.25) is 4.79 Å². The van der Waals surface area contributed by atoms with Crippen molar-refractivity contribution in [3.63, 3.8) is 0 Å². The Kier molecular flexibility index (Phi) is 4.33. The van der Waals surface area contributed by atoms with Gasteiger partial charge in [0.1, 0.15) is 6.04 Å². The smallest absolute Gasteiger partial charge is 0.243 e. The van der Waals surface area contributed by atoms with E-state index in [1.165, 1.54) is 16.4 Å². The molecule has 0 bridgehead atoms. The van der Waals surface area contributed by atoms with Gasteiger partial charge in [-0.2, -0.15) is 4.31 Å². The van der Waals surface area contributed by atoms with Crippen LogP contribution in [0.5, 0.6) is 11.5 Å². The maximum absolute atomic E-state index is 13.1.